The average molecular weight is 499 g/mol. The Bertz CT molecular complexity index is 1150. The van der Waals surface area contributed by atoms with Gasteiger partial charge >= 0.3 is 6.09 Å². The first-order valence-corrected chi connectivity index (χ1v) is 12.6. The van der Waals surface area contributed by atoms with Crippen molar-refractivity contribution in [1.82, 2.24) is 9.62 Å². The van der Waals surface area contributed by atoms with Crippen molar-refractivity contribution < 1.29 is 31.1 Å². The maximum atomic E-state index is 15.0. The van der Waals surface area contributed by atoms with Crippen molar-refractivity contribution in [3.8, 4) is 11.1 Å². The van der Waals surface area contributed by atoms with Crippen molar-refractivity contribution >= 4 is 16.1 Å². The molecule has 0 spiro atoms. The van der Waals surface area contributed by atoms with Gasteiger partial charge in [-0.1, -0.05) is 36.4 Å². The number of hydrogen-bond acceptors (Lipinski definition) is 4. The van der Waals surface area contributed by atoms with Gasteiger partial charge in [0.2, 0.25) is 10.0 Å². The molecule has 1 N–H and O–H groups in total. The fraction of sp³-hybridized carbons (Fsp3) is 0.458. The molecule has 0 bridgehead atoms. The quantitative estimate of drug-likeness (QED) is 0.632. The number of carbonyl (C=O) groups excluding carboxylic acids is 1. The monoisotopic (exact) mass is 498 g/mol. The molecule has 0 aromatic heterocycles. The second-order valence-electron chi connectivity index (χ2n) is 9.35. The van der Waals surface area contributed by atoms with Crippen LogP contribution in [-0.2, 0) is 21.2 Å². The fourth-order valence-electron chi connectivity index (χ4n) is 3.88. The Hall–Kier alpha value is -2.59. The predicted molar refractivity (Wildman–Crippen MR) is 124 cm³/mol. The van der Waals surface area contributed by atoms with E-state index < -0.39 is 52.1 Å². The molecule has 0 aliphatic carbocycles. The maximum absolute atomic E-state index is 15.0. The number of ether oxygens (including phenoxy) is 1. The normalized spacial score (nSPS) is 20.4. The van der Waals surface area contributed by atoms with Crippen LogP contribution in [0.2, 0.25) is 0 Å². The lowest BCUT2D eigenvalue weighted by atomic mass is 9.96. The molecule has 1 heterocycles. The highest BCUT2D eigenvalue weighted by Crippen LogP contribution is 2.36. The minimum atomic E-state index is -3.99. The van der Waals surface area contributed by atoms with E-state index in [0.29, 0.717) is 16.7 Å². The smallest absolute Gasteiger partial charge is 0.410 e. The van der Waals surface area contributed by atoms with Gasteiger partial charge in [-0.25, -0.2) is 31.1 Å². The number of nitrogens with zero attached hydrogens (tertiary/aromatic N) is 1. The molecule has 1 aliphatic rings. The number of hydrogen-bond donors (Lipinski definition) is 1. The summed E-state index contributed by atoms with van der Waals surface area (Å²) in [7, 11) is -3.99. The van der Waals surface area contributed by atoms with Gasteiger partial charge in [-0.15, -0.1) is 0 Å². The highest BCUT2D eigenvalue weighted by atomic mass is 32.2. The first kappa shape index (κ1) is 26.0. The summed E-state index contributed by atoms with van der Waals surface area (Å²) in [6, 6.07) is 9.78. The largest absolute Gasteiger partial charge is 0.444 e. The van der Waals surface area contributed by atoms with Gasteiger partial charge < -0.3 is 4.74 Å². The fourth-order valence-corrected chi connectivity index (χ4v) is 4.76. The average Bonchev–Trinajstić information content (AvgIpc) is 2.97. The Morgan fingerprint density at radius 3 is 2.35 bits per heavy atom. The number of halogens is 3. The minimum Gasteiger partial charge on any atom is -0.444 e. The summed E-state index contributed by atoms with van der Waals surface area (Å²) >= 11 is 0. The molecule has 1 saturated heterocycles. The molecular formula is C24H29F3N2O4S. The number of sulfonamides is 1. The molecule has 0 saturated carbocycles. The topological polar surface area (TPSA) is 75.7 Å². The highest BCUT2D eigenvalue weighted by Gasteiger charge is 2.57. The highest BCUT2D eigenvalue weighted by molar-refractivity contribution is 7.89. The lowest BCUT2D eigenvalue weighted by Crippen LogP contribution is -2.53. The number of alkyl halides is 2. The molecule has 2 aromatic carbocycles. The molecule has 2 atom stereocenters. The van der Waals surface area contributed by atoms with Crippen molar-refractivity contribution in [2.75, 3.05) is 12.3 Å². The summed E-state index contributed by atoms with van der Waals surface area (Å²) in [5, 5.41) is 0. The number of amides is 1. The standard InChI is InChI=1S/C24H29F3N2O4S/c1-5-34(31,32)28-21-20(29(15-24(21,26)27)22(30)33-23(2,3)4)13-16-8-6-9-17(12-16)18-10-7-11-19(25)14-18/h6-12,14,20-21,28H,5,13,15H2,1-4H3/t20-,21+/m0/s1. The van der Waals surface area contributed by atoms with Gasteiger partial charge in [0.05, 0.1) is 18.3 Å². The van der Waals surface area contributed by atoms with Gasteiger partial charge in [-0.2, -0.15) is 0 Å². The van der Waals surface area contributed by atoms with Crippen LogP contribution < -0.4 is 4.72 Å². The second-order valence-corrected chi connectivity index (χ2v) is 11.4. The van der Waals surface area contributed by atoms with Crippen molar-refractivity contribution in [2.24, 2.45) is 0 Å². The molecule has 10 heteroatoms. The number of carbonyl (C=O) groups is 1. The zero-order valence-corrected chi connectivity index (χ0v) is 20.3. The van der Waals surface area contributed by atoms with Crippen LogP contribution in [0.15, 0.2) is 48.5 Å². The van der Waals surface area contributed by atoms with Crippen LogP contribution in [0.4, 0.5) is 18.0 Å². The van der Waals surface area contributed by atoms with Crippen molar-refractivity contribution in [2.45, 2.75) is 57.7 Å². The molecule has 1 fully saturated rings. The van der Waals surface area contributed by atoms with E-state index in [1.54, 1.807) is 57.2 Å². The lowest BCUT2D eigenvalue weighted by Gasteiger charge is -2.30. The van der Waals surface area contributed by atoms with Gasteiger partial charge in [-0.05, 0) is 62.9 Å². The van der Waals surface area contributed by atoms with Gasteiger partial charge in [0.25, 0.3) is 5.92 Å². The number of nitrogens with one attached hydrogen (secondary N) is 1. The Labute approximate surface area is 198 Å². The van der Waals surface area contributed by atoms with E-state index in [0.717, 1.165) is 4.90 Å². The van der Waals surface area contributed by atoms with Gasteiger partial charge in [0.1, 0.15) is 17.5 Å². The molecule has 6 nitrogen and oxygen atoms in total. The summed E-state index contributed by atoms with van der Waals surface area (Å²) in [6.45, 7) is 5.22. The Kier molecular flexibility index (Phi) is 7.33. The lowest BCUT2D eigenvalue weighted by molar-refractivity contribution is -0.0122. The maximum Gasteiger partial charge on any atom is 0.410 e. The van der Waals surface area contributed by atoms with Crippen LogP contribution in [0.5, 0.6) is 0 Å². The number of likely N-dealkylation sites (tertiary alicyclic amines) is 1. The van der Waals surface area contributed by atoms with Crippen molar-refractivity contribution in [1.29, 1.82) is 0 Å². The molecule has 34 heavy (non-hydrogen) atoms. The Morgan fingerprint density at radius 2 is 1.76 bits per heavy atom. The van der Waals surface area contributed by atoms with E-state index in [-0.39, 0.29) is 12.2 Å². The Morgan fingerprint density at radius 1 is 1.15 bits per heavy atom. The molecule has 1 aliphatic heterocycles. The first-order chi connectivity index (χ1) is 15.7. The van der Waals surface area contributed by atoms with Crippen molar-refractivity contribution in [3.63, 3.8) is 0 Å². The van der Waals surface area contributed by atoms with Gasteiger partial charge in [-0.3, -0.25) is 4.90 Å². The van der Waals surface area contributed by atoms with Crippen LogP contribution in [0, 0.1) is 5.82 Å². The number of rotatable bonds is 6. The molecular weight excluding hydrogens is 469 g/mol. The summed E-state index contributed by atoms with van der Waals surface area (Å²) in [6.07, 6.45) is -1.01. The summed E-state index contributed by atoms with van der Waals surface area (Å²) in [5.74, 6) is -4.30. The van der Waals surface area contributed by atoms with E-state index in [1.807, 2.05) is 0 Å². The van der Waals surface area contributed by atoms with Crippen LogP contribution in [0.1, 0.15) is 33.3 Å². The molecule has 0 unspecified atom stereocenters. The molecule has 186 valence electrons. The van der Waals surface area contributed by atoms with E-state index in [2.05, 4.69) is 4.72 Å². The summed E-state index contributed by atoms with van der Waals surface area (Å²) in [4.78, 5) is 13.7. The predicted octanol–water partition coefficient (Wildman–Crippen LogP) is 4.60. The molecule has 1 amide bonds. The third kappa shape index (κ3) is 6.29. The summed E-state index contributed by atoms with van der Waals surface area (Å²) in [5.41, 5.74) is 0.927. The van der Waals surface area contributed by atoms with Crippen LogP contribution in [0.25, 0.3) is 11.1 Å². The third-order valence-corrected chi connectivity index (χ3v) is 6.84. The minimum absolute atomic E-state index is 0.0606. The molecule has 2 aromatic rings. The van der Waals surface area contributed by atoms with Gasteiger partial charge in [0, 0.05) is 0 Å². The van der Waals surface area contributed by atoms with Crippen LogP contribution in [-0.4, -0.2) is 55.3 Å². The van der Waals surface area contributed by atoms with E-state index >= 15 is 8.78 Å². The van der Waals surface area contributed by atoms with Crippen LogP contribution >= 0.6 is 0 Å². The molecule has 0 radical (unpaired) electrons. The van der Waals surface area contributed by atoms with E-state index in [1.165, 1.54) is 19.1 Å². The third-order valence-electron chi connectivity index (χ3n) is 5.47. The SMILES string of the molecule is CCS(=O)(=O)N[C@@H]1[C@H](Cc2cccc(-c3cccc(F)c3)c2)N(C(=O)OC(C)(C)C)CC1(F)F. The van der Waals surface area contributed by atoms with Gasteiger partial charge in [0.15, 0.2) is 0 Å². The zero-order chi connectivity index (χ0) is 25.3. The second kappa shape index (κ2) is 9.58. The van der Waals surface area contributed by atoms with E-state index in [9.17, 15) is 17.6 Å². The van der Waals surface area contributed by atoms with Crippen LogP contribution in [0.3, 0.4) is 0 Å². The number of benzene rings is 2. The first-order valence-electron chi connectivity index (χ1n) is 10.9. The summed E-state index contributed by atoms with van der Waals surface area (Å²) < 4.78 is 75.6. The zero-order valence-electron chi connectivity index (χ0n) is 19.5. The van der Waals surface area contributed by atoms with E-state index in [4.69, 9.17) is 4.74 Å². The van der Waals surface area contributed by atoms with Crippen molar-refractivity contribution in [3.05, 3.63) is 59.9 Å². The molecule has 3 rings (SSSR count). The Balaban J connectivity index is 1.98.